The maximum Gasteiger partial charge on any atom is 0.297 e. The van der Waals surface area contributed by atoms with E-state index in [-0.39, 0.29) is 12.3 Å². The number of methoxy groups -OCH3 is 1. The van der Waals surface area contributed by atoms with Crippen LogP contribution in [0.1, 0.15) is 41.5 Å². The van der Waals surface area contributed by atoms with Crippen molar-refractivity contribution in [1.82, 2.24) is 30.4 Å². The standard InChI is InChI=1S/C29H32N8O5/c1-3-42-36-27(38)24-22(16-23(33-34-24)29(12-13-29)28(30)39)32-21-11-7-10-20(25(21)40-2)26-31-18-37(35-26)14-15-41-17-19-8-5-4-6-9-19/h4-11,16,18H,3,12-15,17H2,1-2H3,(H2,30,39)(H,32,33)(H,36,38). The van der Waals surface area contributed by atoms with Gasteiger partial charge in [-0.3, -0.25) is 19.1 Å². The number of carbonyl (C=O) groups excluding carboxylic acids is 2. The SMILES string of the molecule is CCONC(=O)c1nnc(C2(C(N)=O)CC2)cc1Nc1cccc(-c2ncn(CCOCc3ccccc3)n2)c1OC. The Morgan fingerprint density at radius 2 is 1.88 bits per heavy atom. The third kappa shape index (κ3) is 6.21. The molecule has 1 aliphatic rings. The van der Waals surface area contributed by atoms with Gasteiger partial charge in [0.2, 0.25) is 5.91 Å². The maximum absolute atomic E-state index is 12.8. The first kappa shape index (κ1) is 28.6. The molecular weight excluding hydrogens is 540 g/mol. The highest BCUT2D eigenvalue weighted by molar-refractivity contribution is 5.98. The van der Waals surface area contributed by atoms with E-state index in [1.54, 1.807) is 30.1 Å². The van der Waals surface area contributed by atoms with E-state index in [2.05, 4.69) is 31.1 Å². The number of nitrogens with two attached hydrogens (primary N) is 1. The number of carbonyl (C=O) groups is 2. The molecule has 0 saturated heterocycles. The van der Waals surface area contributed by atoms with E-state index < -0.39 is 17.2 Å². The number of nitrogens with zero attached hydrogens (tertiary/aromatic N) is 5. The van der Waals surface area contributed by atoms with Gasteiger partial charge in [0.05, 0.1) is 61.5 Å². The van der Waals surface area contributed by atoms with E-state index in [9.17, 15) is 9.59 Å². The van der Waals surface area contributed by atoms with E-state index >= 15 is 0 Å². The van der Waals surface area contributed by atoms with Gasteiger partial charge in [0.1, 0.15) is 6.33 Å². The van der Waals surface area contributed by atoms with Crippen LogP contribution >= 0.6 is 0 Å². The fourth-order valence-corrected chi connectivity index (χ4v) is 4.45. The van der Waals surface area contributed by atoms with Gasteiger partial charge in [0, 0.05) is 0 Å². The van der Waals surface area contributed by atoms with Crippen molar-refractivity contribution < 1.29 is 23.9 Å². The van der Waals surface area contributed by atoms with Gasteiger partial charge in [-0.1, -0.05) is 36.4 Å². The molecule has 0 atom stereocenters. The number of hydrogen-bond donors (Lipinski definition) is 3. The van der Waals surface area contributed by atoms with Crippen LogP contribution in [0.5, 0.6) is 5.75 Å². The van der Waals surface area contributed by atoms with Gasteiger partial charge in [-0.2, -0.15) is 10.2 Å². The van der Waals surface area contributed by atoms with Crippen molar-refractivity contribution in [1.29, 1.82) is 0 Å². The minimum Gasteiger partial charge on any atom is -0.494 e. The number of aromatic nitrogens is 5. The molecule has 0 spiro atoms. The molecule has 218 valence electrons. The van der Waals surface area contributed by atoms with Crippen LogP contribution in [0, 0.1) is 0 Å². The van der Waals surface area contributed by atoms with Crippen molar-refractivity contribution in [3.63, 3.8) is 0 Å². The van der Waals surface area contributed by atoms with Crippen LogP contribution < -0.4 is 21.3 Å². The number of hydrogen-bond acceptors (Lipinski definition) is 10. The second-order valence-electron chi connectivity index (χ2n) is 9.68. The summed E-state index contributed by atoms with van der Waals surface area (Å²) in [6, 6.07) is 17.0. The summed E-state index contributed by atoms with van der Waals surface area (Å²) >= 11 is 0. The third-order valence-corrected chi connectivity index (χ3v) is 6.87. The smallest absolute Gasteiger partial charge is 0.297 e. The van der Waals surface area contributed by atoms with E-state index in [4.69, 9.17) is 20.0 Å². The first-order chi connectivity index (χ1) is 20.4. The van der Waals surface area contributed by atoms with Crippen LogP contribution in [0.15, 0.2) is 60.9 Å². The van der Waals surface area contributed by atoms with Crippen molar-refractivity contribution >= 4 is 23.2 Å². The summed E-state index contributed by atoms with van der Waals surface area (Å²) in [6.07, 6.45) is 2.76. The van der Waals surface area contributed by atoms with Crippen molar-refractivity contribution in [2.24, 2.45) is 5.73 Å². The number of para-hydroxylation sites is 1. The number of ether oxygens (including phenoxy) is 2. The van der Waals surface area contributed by atoms with Gasteiger partial charge in [-0.15, -0.1) is 5.10 Å². The van der Waals surface area contributed by atoms with Gasteiger partial charge in [-0.25, -0.2) is 10.5 Å². The predicted octanol–water partition coefficient (Wildman–Crippen LogP) is 2.90. The largest absolute Gasteiger partial charge is 0.494 e. The van der Waals surface area contributed by atoms with Crippen molar-refractivity contribution in [2.75, 3.05) is 25.6 Å². The molecule has 0 aliphatic heterocycles. The van der Waals surface area contributed by atoms with Gasteiger partial charge >= 0.3 is 0 Å². The average Bonchev–Trinajstić information content (AvgIpc) is 3.70. The molecule has 13 heteroatoms. The number of amides is 2. The lowest BCUT2D eigenvalue weighted by Crippen LogP contribution is -2.31. The average molecular weight is 573 g/mol. The Kier molecular flexibility index (Phi) is 8.69. The lowest BCUT2D eigenvalue weighted by Gasteiger charge is -2.17. The molecule has 4 aromatic rings. The highest BCUT2D eigenvalue weighted by Crippen LogP contribution is 2.48. The lowest BCUT2D eigenvalue weighted by atomic mass is 10.0. The second kappa shape index (κ2) is 12.7. The molecule has 1 aliphatic carbocycles. The Bertz CT molecular complexity index is 1550. The molecule has 0 bridgehead atoms. The molecule has 0 unspecified atom stereocenters. The van der Waals surface area contributed by atoms with Crippen LogP contribution in [0.4, 0.5) is 11.4 Å². The molecule has 5 rings (SSSR count). The Morgan fingerprint density at radius 3 is 2.60 bits per heavy atom. The van der Waals surface area contributed by atoms with Crippen molar-refractivity contribution in [3.05, 3.63) is 77.9 Å². The van der Waals surface area contributed by atoms with E-state index in [1.807, 2.05) is 42.5 Å². The van der Waals surface area contributed by atoms with Gasteiger partial charge in [0.25, 0.3) is 5.91 Å². The normalized spacial score (nSPS) is 13.4. The molecule has 1 fully saturated rings. The van der Waals surface area contributed by atoms with Gasteiger partial charge in [-0.05, 0) is 43.5 Å². The predicted molar refractivity (Wildman–Crippen MR) is 153 cm³/mol. The van der Waals surface area contributed by atoms with Crippen molar-refractivity contribution in [3.8, 4) is 17.1 Å². The fraction of sp³-hybridized carbons (Fsp3) is 0.310. The number of benzene rings is 2. The summed E-state index contributed by atoms with van der Waals surface area (Å²) in [5.41, 5.74) is 10.00. The Labute approximate surface area is 242 Å². The van der Waals surface area contributed by atoms with Crippen LogP contribution in [0.2, 0.25) is 0 Å². The summed E-state index contributed by atoms with van der Waals surface area (Å²) in [5, 5.41) is 16.1. The van der Waals surface area contributed by atoms with Crippen LogP contribution in [-0.4, -0.2) is 57.1 Å². The van der Waals surface area contributed by atoms with E-state index in [0.717, 1.165) is 5.56 Å². The summed E-state index contributed by atoms with van der Waals surface area (Å²) in [7, 11) is 1.53. The molecule has 42 heavy (non-hydrogen) atoms. The summed E-state index contributed by atoms with van der Waals surface area (Å²) in [6.45, 7) is 3.50. The lowest BCUT2D eigenvalue weighted by molar-refractivity contribution is -0.120. The molecule has 4 N–H and O–H groups in total. The first-order valence-electron chi connectivity index (χ1n) is 13.5. The number of rotatable bonds is 14. The minimum absolute atomic E-state index is 0.0298. The zero-order valence-corrected chi connectivity index (χ0v) is 23.4. The second-order valence-corrected chi connectivity index (χ2v) is 9.68. The molecule has 13 nitrogen and oxygen atoms in total. The van der Waals surface area contributed by atoms with Crippen LogP contribution in [0.3, 0.4) is 0 Å². The Balaban J connectivity index is 1.37. The number of hydroxylamine groups is 1. The Hall–Kier alpha value is -4.88. The highest BCUT2D eigenvalue weighted by Gasteiger charge is 2.52. The quantitative estimate of drug-likeness (QED) is 0.151. The molecule has 0 radical (unpaired) electrons. The van der Waals surface area contributed by atoms with Gasteiger partial charge < -0.3 is 20.5 Å². The molecule has 2 heterocycles. The van der Waals surface area contributed by atoms with Gasteiger partial charge in [0.15, 0.2) is 17.3 Å². The summed E-state index contributed by atoms with van der Waals surface area (Å²) < 4.78 is 13.2. The zero-order chi connectivity index (χ0) is 29.5. The molecule has 2 aromatic heterocycles. The minimum atomic E-state index is -0.897. The summed E-state index contributed by atoms with van der Waals surface area (Å²) in [5.74, 6) is -0.193. The van der Waals surface area contributed by atoms with E-state index in [1.165, 1.54) is 7.11 Å². The van der Waals surface area contributed by atoms with Crippen LogP contribution in [-0.2, 0) is 32.9 Å². The number of primary amides is 1. The molecule has 1 saturated carbocycles. The molecule has 2 amide bonds. The topological polar surface area (TPSA) is 168 Å². The van der Waals surface area contributed by atoms with Crippen LogP contribution in [0.25, 0.3) is 11.4 Å². The fourth-order valence-electron chi connectivity index (χ4n) is 4.45. The summed E-state index contributed by atoms with van der Waals surface area (Å²) in [4.78, 5) is 34.5. The Morgan fingerprint density at radius 1 is 1.07 bits per heavy atom. The highest BCUT2D eigenvalue weighted by atomic mass is 16.6. The number of nitrogens with one attached hydrogen (secondary N) is 2. The molecular formula is C29H32N8O5. The zero-order valence-electron chi connectivity index (χ0n) is 23.4. The third-order valence-electron chi connectivity index (χ3n) is 6.87. The number of anilines is 2. The monoisotopic (exact) mass is 572 g/mol. The first-order valence-corrected chi connectivity index (χ1v) is 13.5. The maximum atomic E-state index is 12.8. The van der Waals surface area contributed by atoms with E-state index in [0.29, 0.717) is 66.8 Å². The molecule has 2 aromatic carbocycles. The van der Waals surface area contributed by atoms with Crippen molar-refractivity contribution in [2.45, 2.75) is 38.3 Å².